The second-order valence-corrected chi connectivity index (χ2v) is 5.29. The molecule has 0 bridgehead atoms. The number of carbonyl (C=O) groups is 1. The van der Waals surface area contributed by atoms with Gasteiger partial charge in [0.05, 0.1) is 0 Å². The molecule has 2 atom stereocenters. The average Bonchev–Trinajstić information content (AvgIpc) is 2.49. The lowest BCUT2D eigenvalue weighted by Gasteiger charge is -2.19. The molecule has 0 fully saturated rings. The molecule has 0 aliphatic heterocycles. The molecule has 2 aromatic rings. The minimum absolute atomic E-state index is 0.00152. The van der Waals surface area contributed by atoms with Gasteiger partial charge in [-0.2, -0.15) is 0 Å². The molecular weight excluding hydrogens is 246 g/mol. The summed E-state index contributed by atoms with van der Waals surface area (Å²) in [6, 6.07) is 19.9. The summed E-state index contributed by atoms with van der Waals surface area (Å²) < 4.78 is 0. The van der Waals surface area contributed by atoms with Crippen LogP contribution in [0, 0.1) is 0 Å². The summed E-state index contributed by atoms with van der Waals surface area (Å²) in [4.78, 5) is 12.1. The summed E-state index contributed by atoms with van der Waals surface area (Å²) in [5, 5.41) is 3.06. The van der Waals surface area contributed by atoms with E-state index in [4.69, 9.17) is 0 Å². The molecule has 0 saturated carbocycles. The maximum atomic E-state index is 12.1. The van der Waals surface area contributed by atoms with E-state index in [1.54, 1.807) is 0 Å². The van der Waals surface area contributed by atoms with Crippen molar-refractivity contribution in [3.63, 3.8) is 0 Å². The zero-order valence-corrected chi connectivity index (χ0v) is 12.0. The number of hydrogen-bond acceptors (Lipinski definition) is 1. The fraction of sp³-hybridized carbons (Fsp3) is 0.278. The molecule has 0 aromatic heterocycles. The first-order valence-corrected chi connectivity index (χ1v) is 7.07. The third-order valence-electron chi connectivity index (χ3n) is 3.49. The molecule has 0 heterocycles. The van der Waals surface area contributed by atoms with Gasteiger partial charge < -0.3 is 5.32 Å². The minimum Gasteiger partial charge on any atom is -0.350 e. The van der Waals surface area contributed by atoms with Crippen LogP contribution in [-0.2, 0) is 0 Å². The molecular formula is C18H21NO. The fourth-order valence-corrected chi connectivity index (χ4v) is 2.40. The van der Waals surface area contributed by atoms with E-state index in [9.17, 15) is 4.79 Å². The van der Waals surface area contributed by atoms with Gasteiger partial charge in [-0.05, 0) is 37.0 Å². The highest BCUT2D eigenvalue weighted by Gasteiger charge is 2.13. The van der Waals surface area contributed by atoms with Gasteiger partial charge in [0, 0.05) is 11.6 Å². The lowest BCUT2D eigenvalue weighted by molar-refractivity contribution is 0.0937. The van der Waals surface area contributed by atoms with Crippen molar-refractivity contribution in [3.05, 3.63) is 71.8 Å². The van der Waals surface area contributed by atoms with Gasteiger partial charge in [-0.25, -0.2) is 0 Å². The molecule has 2 aromatic carbocycles. The van der Waals surface area contributed by atoms with Crippen molar-refractivity contribution < 1.29 is 4.79 Å². The minimum atomic E-state index is -0.00152. The molecule has 2 unspecified atom stereocenters. The van der Waals surface area contributed by atoms with Crippen LogP contribution in [0.2, 0.25) is 0 Å². The van der Waals surface area contributed by atoms with E-state index < -0.39 is 0 Å². The second-order valence-electron chi connectivity index (χ2n) is 5.29. The van der Waals surface area contributed by atoms with E-state index in [-0.39, 0.29) is 11.9 Å². The third kappa shape index (κ3) is 3.95. The zero-order valence-electron chi connectivity index (χ0n) is 12.0. The van der Waals surface area contributed by atoms with Crippen LogP contribution >= 0.6 is 0 Å². The largest absolute Gasteiger partial charge is 0.350 e. The number of rotatable bonds is 5. The van der Waals surface area contributed by atoms with Crippen molar-refractivity contribution in [1.82, 2.24) is 5.32 Å². The van der Waals surface area contributed by atoms with Crippen molar-refractivity contribution in [2.75, 3.05) is 0 Å². The van der Waals surface area contributed by atoms with Crippen molar-refractivity contribution in [2.24, 2.45) is 0 Å². The molecule has 1 N–H and O–H groups in total. The van der Waals surface area contributed by atoms with Crippen molar-refractivity contribution in [2.45, 2.75) is 32.2 Å². The molecule has 0 saturated heterocycles. The average molecular weight is 267 g/mol. The number of carbonyl (C=O) groups excluding carboxylic acids is 1. The van der Waals surface area contributed by atoms with Crippen LogP contribution in [0.5, 0.6) is 0 Å². The Kier molecular flexibility index (Phi) is 4.94. The Bertz CT molecular complexity index is 536. The highest BCUT2D eigenvalue weighted by atomic mass is 16.1. The smallest absolute Gasteiger partial charge is 0.251 e. The maximum Gasteiger partial charge on any atom is 0.251 e. The summed E-state index contributed by atoms with van der Waals surface area (Å²) in [6.07, 6.45) is 0.933. The van der Waals surface area contributed by atoms with E-state index in [0.29, 0.717) is 11.5 Å². The molecule has 0 spiro atoms. The van der Waals surface area contributed by atoms with Crippen LogP contribution in [0.25, 0.3) is 0 Å². The molecule has 20 heavy (non-hydrogen) atoms. The number of amides is 1. The maximum absolute atomic E-state index is 12.1. The van der Waals surface area contributed by atoms with Gasteiger partial charge in [0.1, 0.15) is 0 Å². The van der Waals surface area contributed by atoms with E-state index >= 15 is 0 Å². The normalized spacial score (nSPS) is 13.5. The predicted molar refractivity (Wildman–Crippen MR) is 82.8 cm³/mol. The molecule has 0 aliphatic rings. The second kappa shape index (κ2) is 6.90. The first-order valence-electron chi connectivity index (χ1n) is 7.07. The van der Waals surface area contributed by atoms with Gasteiger partial charge in [0.25, 0.3) is 5.91 Å². The van der Waals surface area contributed by atoms with Gasteiger partial charge in [-0.1, -0.05) is 55.5 Å². The SMILES string of the molecule is CC(CC(C)c1ccccc1)NC(=O)c1ccccc1. The molecule has 0 radical (unpaired) electrons. The van der Waals surface area contributed by atoms with Gasteiger partial charge in [0.15, 0.2) is 0 Å². The quantitative estimate of drug-likeness (QED) is 0.871. The van der Waals surface area contributed by atoms with Gasteiger partial charge >= 0.3 is 0 Å². The molecule has 1 amide bonds. The summed E-state index contributed by atoms with van der Waals surface area (Å²) in [7, 11) is 0. The Hall–Kier alpha value is -2.09. The van der Waals surface area contributed by atoms with Gasteiger partial charge in [-0.15, -0.1) is 0 Å². The highest BCUT2D eigenvalue weighted by Crippen LogP contribution is 2.20. The van der Waals surface area contributed by atoms with Crippen molar-refractivity contribution >= 4 is 5.91 Å². The van der Waals surface area contributed by atoms with E-state index in [2.05, 4.69) is 43.4 Å². The predicted octanol–water partition coefficient (Wildman–Crippen LogP) is 4.00. The van der Waals surface area contributed by atoms with Crippen LogP contribution in [0.3, 0.4) is 0 Å². The van der Waals surface area contributed by atoms with Crippen LogP contribution < -0.4 is 5.32 Å². The Morgan fingerprint density at radius 3 is 2.10 bits per heavy atom. The van der Waals surface area contributed by atoms with Crippen LogP contribution in [0.15, 0.2) is 60.7 Å². The van der Waals surface area contributed by atoms with Crippen LogP contribution in [0.1, 0.15) is 42.1 Å². The Morgan fingerprint density at radius 2 is 1.50 bits per heavy atom. The Labute approximate surface area is 120 Å². The summed E-state index contributed by atoms with van der Waals surface area (Å²) in [5.74, 6) is 0.431. The molecule has 2 rings (SSSR count). The van der Waals surface area contributed by atoms with E-state index in [1.807, 2.05) is 36.4 Å². The fourth-order valence-electron chi connectivity index (χ4n) is 2.40. The highest BCUT2D eigenvalue weighted by molar-refractivity contribution is 5.94. The summed E-state index contributed by atoms with van der Waals surface area (Å²) in [5.41, 5.74) is 2.03. The summed E-state index contributed by atoms with van der Waals surface area (Å²) >= 11 is 0. The van der Waals surface area contributed by atoms with Crippen LogP contribution in [-0.4, -0.2) is 11.9 Å². The molecule has 2 nitrogen and oxygen atoms in total. The van der Waals surface area contributed by atoms with Gasteiger partial charge in [-0.3, -0.25) is 4.79 Å². The number of hydrogen-bond donors (Lipinski definition) is 1. The summed E-state index contributed by atoms with van der Waals surface area (Å²) in [6.45, 7) is 4.25. The number of benzene rings is 2. The molecule has 0 aliphatic carbocycles. The van der Waals surface area contributed by atoms with Gasteiger partial charge in [0.2, 0.25) is 0 Å². The topological polar surface area (TPSA) is 29.1 Å². The monoisotopic (exact) mass is 267 g/mol. The van der Waals surface area contributed by atoms with Crippen LogP contribution in [0.4, 0.5) is 0 Å². The first kappa shape index (κ1) is 14.3. The molecule has 2 heteroatoms. The lowest BCUT2D eigenvalue weighted by Crippen LogP contribution is -2.33. The van der Waals surface area contributed by atoms with Crippen molar-refractivity contribution in [3.8, 4) is 0 Å². The standard InChI is InChI=1S/C18H21NO/c1-14(16-9-5-3-6-10-16)13-15(2)19-18(20)17-11-7-4-8-12-17/h3-12,14-15H,13H2,1-2H3,(H,19,20). The van der Waals surface area contributed by atoms with E-state index in [0.717, 1.165) is 6.42 Å². The Morgan fingerprint density at radius 1 is 0.950 bits per heavy atom. The zero-order chi connectivity index (χ0) is 14.4. The Balaban J connectivity index is 1.90. The van der Waals surface area contributed by atoms with Crippen molar-refractivity contribution in [1.29, 1.82) is 0 Å². The molecule has 104 valence electrons. The lowest BCUT2D eigenvalue weighted by atomic mass is 9.94. The van der Waals surface area contributed by atoms with E-state index in [1.165, 1.54) is 5.56 Å². The third-order valence-corrected chi connectivity index (χ3v) is 3.49. The number of nitrogens with one attached hydrogen (secondary N) is 1. The first-order chi connectivity index (χ1) is 9.66.